The molecule has 0 spiro atoms. The molecule has 1 saturated heterocycles. The van der Waals surface area contributed by atoms with E-state index in [1.165, 1.54) is 19.3 Å². The standard InChI is InChI=1S/C15H24N2O2/c1-9-8-17(13(19)16-11(9)18)12-14(2,3)10-5-6-15(12,4)7-10/h9-10,12H,5-8H2,1-4H3,(H,16,18,19). The van der Waals surface area contributed by atoms with Crippen molar-refractivity contribution in [2.24, 2.45) is 22.7 Å². The van der Waals surface area contributed by atoms with Crippen molar-refractivity contribution in [3.8, 4) is 0 Å². The van der Waals surface area contributed by atoms with E-state index in [0.717, 1.165) is 0 Å². The lowest BCUT2D eigenvalue weighted by Gasteiger charge is -2.50. The predicted molar refractivity (Wildman–Crippen MR) is 72.4 cm³/mol. The molecule has 1 heterocycles. The number of carbonyl (C=O) groups is 2. The summed E-state index contributed by atoms with van der Waals surface area (Å²) in [6.07, 6.45) is 3.71. The van der Waals surface area contributed by atoms with Gasteiger partial charge >= 0.3 is 6.03 Å². The summed E-state index contributed by atoms with van der Waals surface area (Å²) in [4.78, 5) is 25.8. The molecule has 1 aliphatic heterocycles. The van der Waals surface area contributed by atoms with Gasteiger partial charge in [-0.2, -0.15) is 0 Å². The maximum atomic E-state index is 12.2. The van der Waals surface area contributed by atoms with Gasteiger partial charge in [0.1, 0.15) is 0 Å². The summed E-state index contributed by atoms with van der Waals surface area (Å²) in [7, 11) is 0. The fraction of sp³-hybridized carbons (Fsp3) is 0.867. The second-order valence-corrected chi connectivity index (χ2v) is 7.67. The molecule has 4 heteroatoms. The van der Waals surface area contributed by atoms with Crippen LogP contribution >= 0.6 is 0 Å². The van der Waals surface area contributed by atoms with Crippen molar-refractivity contribution in [2.45, 2.75) is 53.0 Å². The first-order valence-corrected chi connectivity index (χ1v) is 7.37. The van der Waals surface area contributed by atoms with Crippen LogP contribution in [0.3, 0.4) is 0 Å². The highest BCUT2D eigenvalue weighted by molar-refractivity contribution is 5.98. The number of hydrogen-bond acceptors (Lipinski definition) is 2. The molecule has 19 heavy (non-hydrogen) atoms. The van der Waals surface area contributed by atoms with E-state index in [1.807, 2.05) is 11.8 Å². The molecule has 3 fully saturated rings. The van der Waals surface area contributed by atoms with Crippen molar-refractivity contribution in [1.82, 2.24) is 10.2 Å². The maximum absolute atomic E-state index is 12.2. The Bertz CT molecular complexity index is 441. The molecule has 3 aliphatic rings. The van der Waals surface area contributed by atoms with Crippen molar-refractivity contribution in [1.29, 1.82) is 0 Å². The van der Waals surface area contributed by atoms with Gasteiger partial charge in [0.2, 0.25) is 5.91 Å². The minimum atomic E-state index is -0.185. The third kappa shape index (κ3) is 1.65. The average Bonchev–Trinajstić information content (AvgIpc) is 2.76. The van der Waals surface area contributed by atoms with Crippen molar-refractivity contribution in [3.63, 3.8) is 0 Å². The Labute approximate surface area is 114 Å². The lowest BCUT2D eigenvalue weighted by atomic mass is 9.67. The third-order valence-corrected chi connectivity index (χ3v) is 5.91. The van der Waals surface area contributed by atoms with E-state index in [-0.39, 0.29) is 34.7 Å². The van der Waals surface area contributed by atoms with E-state index in [9.17, 15) is 9.59 Å². The molecular weight excluding hydrogens is 240 g/mol. The molecule has 4 atom stereocenters. The van der Waals surface area contributed by atoms with Crippen LogP contribution in [0, 0.1) is 22.7 Å². The third-order valence-electron chi connectivity index (χ3n) is 5.91. The van der Waals surface area contributed by atoms with E-state index in [2.05, 4.69) is 26.1 Å². The second kappa shape index (κ2) is 3.74. The van der Waals surface area contributed by atoms with Gasteiger partial charge in [-0.15, -0.1) is 0 Å². The van der Waals surface area contributed by atoms with Crippen molar-refractivity contribution in [2.75, 3.05) is 6.54 Å². The number of urea groups is 1. The fourth-order valence-corrected chi connectivity index (χ4v) is 5.04. The van der Waals surface area contributed by atoms with Gasteiger partial charge < -0.3 is 4.90 Å². The number of rotatable bonds is 1. The number of imide groups is 1. The molecule has 106 valence electrons. The zero-order valence-electron chi connectivity index (χ0n) is 12.3. The number of hydrogen-bond donors (Lipinski definition) is 1. The predicted octanol–water partition coefficient (Wildman–Crippen LogP) is 2.39. The fourth-order valence-electron chi connectivity index (χ4n) is 5.04. The molecule has 0 aromatic heterocycles. The number of carbonyl (C=O) groups excluding carboxylic acids is 2. The van der Waals surface area contributed by atoms with Gasteiger partial charge in [0.15, 0.2) is 0 Å². The highest BCUT2D eigenvalue weighted by Crippen LogP contribution is 2.64. The topological polar surface area (TPSA) is 49.4 Å². The molecule has 2 bridgehead atoms. The Morgan fingerprint density at radius 3 is 2.53 bits per heavy atom. The largest absolute Gasteiger partial charge is 0.324 e. The Kier molecular flexibility index (Phi) is 2.55. The van der Waals surface area contributed by atoms with Gasteiger partial charge in [-0.25, -0.2) is 4.79 Å². The molecule has 3 rings (SSSR count). The summed E-state index contributed by atoms with van der Waals surface area (Å²) in [6.45, 7) is 9.38. The van der Waals surface area contributed by atoms with E-state index in [4.69, 9.17) is 0 Å². The van der Waals surface area contributed by atoms with Gasteiger partial charge in [0, 0.05) is 12.6 Å². The van der Waals surface area contributed by atoms with Crippen LogP contribution in [0.2, 0.25) is 0 Å². The second-order valence-electron chi connectivity index (χ2n) is 7.67. The van der Waals surface area contributed by atoms with Crippen LogP contribution in [-0.4, -0.2) is 29.4 Å². The van der Waals surface area contributed by atoms with E-state index in [1.54, 1.807) is 0 Å². The molecule has 3 amide bonds. The lowest BCUT2D eigenvalue weighted by Crippen LogP contribution is -2.63. The number of fused-ring (bicyclic) bond motifs is 2. The summed E-state index contributed by atoms with van der Waals surface area (Å²) < 4.78 is 0. The maximum Gasteiger partial charge on any atom is 0.324 e. The van der Waals surface area contributed by atoms with Crippen LogP contribution < -0.4 is 5.32 Å². The molecule has 2 aliphatic carbocycles. The van der Waals surface area contributed by atoms with Gasteiger partial charge in [-0.1, -0.05) is 27.7 Å². The van der Waals surface area contributed by atoms with Crippen LogP contribution in [0.5, 0.6) is 0 Å². The van der Waals surface area contributed by atoms with E-state index in [0.29, 0.717) is 12.5 Å². The van der Waals surface area contributed by atoms with Gasteiger partial charge in [-0.05, 0) is 36.0 Å². The van der Waals surface area contributed by atoms with Crippen molar-refractivity contribution < 1.29 is 9.59 Å². The molecule has 4 nitrogen and oxygen atoms in total. The Morgan fingerprint density at radius 1 is 1.26 bits per heavy atom. The molecule has 1 N–H and O–H groups in total. The van der Waals surface area contributed by atoms with Crippen LogP contribution in [0.1, 0.15) is 47.0 Å². The van der Waals surface area contributed by atoms with Crippen LogP contribution in [0.15, 0.2) is 0 Å². The molecule has 0 aromatic rings. The van der Waals surface area contributed by atoms with Gasteiger partial charge in [0.05, 0.1) is 5.92 Å². The normalized spacial score (nSPS) is 44.6. The molecule has 0 aromatic carbocycles. The molecular formula is C15H24N2O2. The zero-order chi connectivity index (χ0) is 14.0. The summed E-state index contributed by atoms with van der Waals surface area (Å²) in [5, 5.41) is 2.52. The van der Waals surface area contributed by atoms with E-state index >= 15 is 0 Å². The number of nitrogens with one attached hydrogen (secondary N) is 1. The van der Waals surface area contributed by atoms with Crippen molar-refractivity contribution >= 4 is 11.9 Å². The first kappa shape index (κ1) is 12.9. The van der Waals surface area contributed by atoms with Gasteiger partial charge in [0.25, 0.3) is 0 Å². The minimum Gasteiger partial charge on any atom is -0.320 e. The number of amides is 3. The van der Waals surface area contributed by atoms with E-state index < -0.39 is 0 Å². The first-order valence-electron chi connectivity index (χ1n) is 7.37. The summed E-state index contributed by atoms with van der Waals surface area (Å²) in [5.74, 6) is 0.479. The number of nitrogens with zero attached hydrogens (tertiary/aromatic N) is 1. The zero-order valence-corrected chi connectivity index (χ0v) is 12.3. The van der Waals surface area contributed by atoms with Gasteiger partial charge in [-0.3, -0.25) is 10.1 Å². The monoisotopic (exact) mass is 264 g/mol. The quantitative estimate of drug-likeness (QED) is 0.790. The van der Waals surface area contributed by atoms with Crippen LogP contribution in [0.25, 0.3) is 0 Å². The Morgan fingerprint density at radius 2 is 1.95 bits per heavy atom. The lowest BCUT2D eigenvalue weighted by molar-refractivity contribution is -0.127. The average molecular weight is 264 g/mol. The Hall–Kier alpha value is -1.06. The first-order chi connectivity index (χ1) is 8.75. The van der Waals surface area contributed by atoms with Crippen molar-refractivity contribution in [3.05, 3.63) is 0 Å². The van der Waals surface area contributed by atoms with Crippen LogP contribution in [0.4, 0.5) is 4.79 Å². The molecule has 2 saturated carbocycles. The minimum absolute atomic E-state index is 0.101. The highest BCUT2D eigenvalue weighted by Gasteiger charge is 2.62. The summed E-state index contributed by atoms with van der Waals surface area (Å²) >= 11 is 0. The SMILES string of the molecule is CC1CN(C2C3(C)CCC(C3)C2(C)C)C(=O)NC1=O. The smallest absolute Gasteiger partial charge is 0.320 e. The van der Waals surface area contributed by atoms with Crippen LogP contribution in [-0.2, 0) is 4.79 Å². The summed E-state index contributed by atoms with van der Waals surface area (Å²) in [6, 6.07) is 0.0734. The molecule has 4 unspecified atom stereocenters. The summed E-state index contributed by atoms with van der Waals surface area (Å²) in [5.41, 5.74) is 0.385. The molecule has 0 radical (unpaired) electrons. The Balaban J connectivity index is 1.93. The highest BCUT2D eigenvalue weighted by atomic mass is 16.2.